The predicted molar refractivity (Wildman–Crippen MR) is 206 cm³/mol. The maximum Gasteiger partial charge on any atom is 0.271 e. The summed E-state index contributed by atoms with van der Waals surface area (Å²) in [4.78, 5) is 29.5. The molecule has 0 spiro atoms. The molecule has 2 rings (SSSR count). The highest BCUT2D eigenvalue weighted by Crippen LogP contribution is 2.17. The number of carbonyl (C=O) groups is 2. The van der Waals surface area contributed by atoms with Gasteiger partial charge < -0.3 is 16.0 Å². The number of nitrogens with one attached hydrogen (secondary N) is 3. The number of hydrogen-bond donors (Lipinski definition) is 3. The van der Waals surface area contributed by atoms with E-state index in [2.05, 4.69) is 71.5 Å². The van der Waals surface area contributed by atoms with Gasteiger partial charge in [0.1, 0.15) is 17.6 Å². The minimum absolute atomic E-state index is 0.171. The van der Waals surface area contributed by atoms with Gasteiger partial charge in [0.2, 0.25) is 5.91 Å². The van der Waals surface area contributed by atoms with Gasteiger partial charge in [0.05, 0.1) is 16.5 Å². The average Bonchev–Trinajstić information content (AvgIpc) is 3.67. The zero-order valence-electron chi connectivity index (χ0n) is 30.6. The van der Waals surface area contributed by atoms with Gasteiger partial charge in [-0.1, -0.05) is 90.5 Å². The van der Waals surface area contributed by atoms with Crippen LogP contribution in [0.4, 0.5) is 4.39 Å². The smallest absolute Gasteiger partial charge is 0.271 e. The molecule has 0 saturated heterocycles. The number of amides is 2. The number of thiazole rings is 1. The van der Waals surface area contributed by atoms with Crippen molar-refractivity contribution < 1.29 is 22.4 Å². The van der Waals surface area contributed by atoms with E-state index in [1.54, 1.807) is 25.3 Å². The van der Waals surface area contributed by atoms with Crippen molar-refractivity contribution in [1.29, 1.82) is 0 Å². The van der Waals surface area contributed by atoms with Crippen LogP contribution in [0.15, 0.2) is 71.4 Å². The molecule has 0 unspecified atom stereocenters. The van der Waals surface area contributed by atoms with Crippen LogP contribution < -0.4 is 16.0 Å². The van der Waals surface area contributed by atoms with Gasteiger partial charge in [-0.15, -0.1) is 24.2 Å². The Morgan fingerprint density at radius 1 is 1.08 bits per heavy atom. The first-order valence-electron chi connectivity index (χ1n) is 16.9. The molecule has 8 nitrogen and oxygen atoms in total. The lowest BCUT2D eigenvalue weighted by Gasteiger charge is -2.22. The van der Waals surface area contributed by atoms with Gasteiger partial charge in [-0.25, -0.2) is 17.8 Å². The Bertz CT molecular complexity index is 1380. The van der Waals surface area contributed by atoms with E-state index in [1.807, 2.05) is 27.7 Å². The third-order valence-electron chi connectivity index (χ3n) is 6.94. The number of sulfone groups is 1. The number of aromatic nitrogens is 1. The second-order valence-corrected chi connectivity index (χ2v) is 13.7. The van der Waals surface area contributed by atoms with E-state index in [1.165, 1.54) is 40.1 Å². The lowest BCUT2D eigenvalue weighted by Crippen LogP contribution is -2.51. The highest BCUT2D eigenvalue weighted by atomic mass is 32.2. The Kier molecular flexibility index (Phi) is 28.5. The molecule has 0 aliphatic rings. The molecular formula is C38H59FN4O4S2. The summed E-state index contributed by atoms with van der Waals surface area (Å²) in [6, 6.07) is 7.24. The van der Waals surface area contributed by atoms with Crippen molar-refractivity contribution in [2.45, 2.75) is 105 Å². The summed E-state index contributed by atoms with van der Waals surface area (Å²) in [7, 11) is -3.59. The summed E-state index contributed by atoms with van der Waals surface area (Å²) < 4.78 is 38.6. The van der Waals surface area contributed by atoms with Crippen molar-refractivity contribution in [3.8, 4) is 12.8 Å². The molecule has 3 N–H and O–H groups in total. The number of benzene rings is 1. The van der Waals surface area contributed by atoms with Crippen molar-refractivity contribution in [1.82, 2.24) is 20.9 Å². The van der Waals surface area contributed by atoms with E-state index in [0.717, 1.165) is 31.4 Å². The minimum atomic E-state index is -3.59. The van der Waals surface area contributed by atoms with Gasteiger partial charge in [0.15, 0.2) is 9.84 Å². The fraction of sp³-hybridized carbons (Fsp3) is 0.500. The average molecular weight is 719 g/mol. The van der Waals surface area contributed by atoms with Gasteiger partial charge in [0.25, 0.3) is 5.91 Å². The fourth-order valence-electron chi connectivity index (χ4n) is 4.36. The summed E-state index contributed by atoms with van der Waals surface area (Å²) in [6.07, 6.45) is 16.7. The monoisotopic (exact) mass is 718 g/mol. The van der Waals surface area contributed by atoms with Crippen molar-refractivity contribution >= 4 is 33.0 Å². The van der Waals surface area contributed by atoms with Crippen molar-refractivity contribution in [2.24, 2.45) is 0 Å². The largest absolute Gasteiger partial charge is 0.354 e. The van der Waals surface area contributed by atoms with Crippen LogP contribution in [0, 0.1) is 12.8 Å². The maximum absolute atomic E-state index is 13.1. The molecule has 1 heterocycles. The van der Waals surface area contributed by atoms with Crippen molar-refractivity contribution in [2.75, 3.05) is 18.8 Å². The number of allylic oxidation sites excluding steroid dienone is 5. The number of nitrogens with zero attached hydrogens (tertiary/aromatic N) is 1. The third-order valence-corrected chi connectivity index (χ3v) is 9.81. The topological polar surface area (TPSA) is 117 Å². The van der Waals surface area contributed by atoms with E-state index < -0.39 is 38.7 Å². The molecule has 2 aromatic rings. The van der Waals surface area contributed by atoms with E-state index in [9.17, 15) is 22.4 Å². The molecule has 0 radical (unpaired) electrons. The number of aryl methyl sites for hydroxylation is 1. The second-order valence-electron chi connectivity index (χ2n) is 10.7. The molecule has 0 bridgehead atoms. The van der Waals surface area contributed by atoms with E-state index >= 15 is 0 Å². The molecule has 11 heteroatoms. The number of terminal acetylenes is 1. The molecule has 274 valence electrons. The highest BCUT2D eigenvalue weighted by molar-refractivity contribution is 7.92. The van der Waals surface area contributed by atoms with Gasteiger partial charge in [-0.2, -0.15) is 0 Å². The van der Waals surface area contributed by atoms with Gasteiger partial charge >= 0.3 is 0 Å². The Morgan fingerprint density at radius 3 is 2.24 bits per heavy atom. The van der Waals surface area contributed by atoms with Crippen LogP contribution in [0.5, 0.6) is 0 Å². The summed E-state index contributed by atoms with van der Waals surface area (Å²) in [5, 5.41) is 9.81. The highest BCUT2D eigenvalue weighted by Gasteiger charge is 2.32. The first kappa shape index (κ1) is 47.5. The third kappa shape index (κ3) is 21.2. The zero-order chi connectivity index (χ0) is 37.7. The summed E-state index contributed by atoms with van der Waals surface area (Å²) in [5.41, 5.74) is 5.03. The van der Waals surface area contributed by atoms with E-state index in [-0.39, 0.29) is 11.5 Å². The van der Waals surface area contributed by atoms with Crippen LogP contribution in [0.1, 0.15) is 102 Å². The van der Waals surface area contributed by atoms with Crippen LogP contribution in [0.3, 0.4) is 0 Å². The molecule has 1 aromatic carbocycles. The molecule has 0 fully saturated rings. The zero-order valence-corrected chi connectivity index (χ0v) is 32.2. The fourth-order valence-corrected chi connectivity index (χ4v) is 7.05. The number of halogens is 1. The molecule has 1 atom stereocenters. The first-order chi connectivity index (χ1) is 23.5. The van der Waals surface area contributed by atoms with Crippen LogP contribution in [-0.2, 0) is 27.6 Å². The molecule has 0 saturated carbocycles. The standard InChI is InChI=1S/C26H40N4O4S2.C8H11F.C2H6.C2H2/c1-4-9-22(10-5-2)36(33,34)18-24(30-26(32)23-17-35-19-29-23)25(31)28-14-8-13-27-16-21-12-7-11-20(6-3)15-21;1-4-7(3)6-8(9)5-2;2*1-2/h7,11-12,15,17,19,22,24,27H,4-6,8-10,13-14,16,18H2,1-3H3,(H,28,31)(H,30,32);4-6H,1H2,2-3H3;1-2H3;1-2H/b;7-6-,8-5+;;/t24-;;;/m1.../s1. The maximum atomic E-state index is 13.1. The Balaban J connectivity index is 0. The molecule has 0 aliphatic carbocycles. The normalized spacial score (nSPS) is 11.8. The SMILES string of the molecule is C#C.C=C/C(C)=C\C(F)=C/C.CC.CCCC(CCC)S(=O)(=O)C[C@@H](NC(=O)c1cscn1)C(=O)NCCCNCc1cccc(CC)c1. The quantitative estimate of drug-likeness (QED) is 0.0777. The molecule has 2 amide bonds. The van der Waals surface area contributed by atoms with Crippen LogP contribution in [-0.4, -0.2) is 55.4 Å². The Labute approximate surface area is 300 Å². The van der Waals surface area contributed by atoms with Crippen LogP contribution in [0.2, 0.25) is 0 Å². The molecule has 0 aliphatic heterocycles. The second kappa shape index (κ2) is 29.3. The number of carbonyl (C=O) groups excluding carboxylic acids is 2. The number of rotatable bonds is 19. The van der Waals surface area contributed by atoms with E-state index in [0.29, 0.717) is 32.4 Å². The van der Waals surface area contributed by atoms with Crippen LogP contribution >= 0.6 is 11.3 Å². The summed E-state index contributed by atoms with van der Waals surface area (Å²) in [6.45, 7) is 18.8. The van der Waals surface area contributed by atoms with Gasteiger partial charge in [-0.05, 0) is 68.9 Å². The lowest BCUT2D eigenvalue weighted by atomic mass is 10.1. The Hall–Kier alpha value is -3.59. The summed E-state index contributed by atoms with van der Waals surface area (Å²) >= 11 is 1.26. The lowest BCUT2D eigenvalue weighted by molar-refractivity contribution is -0.122. The minimum Gasteiger partial charge on any atom is -0.354 e. The molecular weight excluding hydrogens is 660 g/mol. The molecule has 49 heavy (non-hydrogen) atoms. The number of hydrogen-bond acceptors (Lipinski definition) is 7. The van der Waals surface area contributed by atoms with Crippen molar-refractivity contribution in [3.63, 3.8) is 0 Å². The van der Waals surface area contributed by atoms with Crippen LogP contribution in [0.25, 0.3) is 0 Å². The van der Waals surface area contributed by atoms with Gasteiger partial charge in [0, 0.05) is 18.5 Å². The van der Waals surface area contributed by atoms with Crippen molar-refractivity contribution in [3.05, 3.63) is 88.2 Å². The Morgan fingerprint density at radius 2 is 1.71 bits per heavy atom. The summed E-state index contributed by atoms with van der Waals surface area (Å²) in [5.74, 6) is -1.69. The van der Waals surface area contributed by atoms with Gasteiger partial charge in [-0.3, -0.25) is 9.59 Å². The van der Waals surface area contributed by atoms with E-state index in [4.69, 9.17) is 0 Å². The predicted octanol–water partition coefficient (Wildman–Crippen LogP) is 7.75. The molecule has 1 aromatic heterocycles. The first-order valence-corrected chi connectivity index (χ1v) is 19.6.